The van der Waals surface area contributed by atoms with E-state index in [0.717, 1.165) is 11.4 Å². The number of nitrogens with two attached hydrogens (primary N) is 1. The molecule has 0 spiro atoms. The molecule has 2 rings (SSSR count). The highest BCUT2D eigenvalue weighted by Crippen LogP contribution is 2.16. The van der Waals surface area contributed by atoms with Gasteiger partial charge in [-0.25, -0.2) is 4.39 Å². The zero-order valence-corrected chi connectivity index (χ0v) is 17.3. The topological polar surface area (TPSA) is 68.9 Å². The van der Waals surface area contributed by atoms with Crippen molar-refractivity contribution in [1.29, 1.82) is 0 Å². The van der Waals surface area contributed by atoms with Crippen molar-refractivity contribution < 1.29 is 13.9 Å². The molecule has 0 radical (unpaired) electrons. The van der Waals surface area contributed by atoms with Gasteiger partial charge in [-0.1, -0.05) is 0 Å². The van der Waals surface area contributed by atoms with E-state index in [2.05, 4.69) is 10.3 Å². The van der Waals surface area contributed by atoms with Crippen molar-refractivity contribution in [3.05, 3.63) is 54.3 Å². The van der Waals surface area contributed by atoms with Gasteiger partial charge in [0.05, 0.1) is 12.7 Å². The molecule has 0 fully saturated rings. The van der Waals surface area contributed by atoms with Crippen molar-refractivity contribution in [3.63, 3.8) is 0 Å². The third-order valence-electron chi connectivity index (χ3n) is 3.17. The molecule has 0 amide bonds. The molecule has 0 unspecified atom stereocenters. The molecule has 7 heteroatoms. The maximum atomic E-state index is 12.8. The number of guanidine groups is 1. The van der Waals surface area contributed by atoms with Crippen LogP contribution in [0.2, 0.25) is 0 Å². The minimum atomic E-state index is -0.278. The lowest BCUT2D eigenvalue weighted by atomic mass is 10.3. The number of nitrogens with one attached hydrogen (secondary N) is 1. The smallest absolute Gasteiger partial charge is 0.193 e. The van der Waals surface area contributed by atoms with Gasteiger partial charge in [-0.3, -0.25) is 4.99 Å². The first-order chi connectivity index (χ1) is 12.0. The summed E-state index contributed by atoms with van der Waals surface area (Å²) < 4.78 is 23.9. The van der Waals surface area contributed by atoms with Crippen LogP contribution in [0.25, 0.3) is 0 Å². The van der Waals surface area contributed by atoms with Crippen LogP contribution in [0.15, 0.2) is 53.5 Å². The van der Waals surface area contributed by atoms with Crippen LogP contribution in [-0.2, 0) is 0 Å². The van der Waals surface area contributed by atoms with Crippen LogP contribution in [0.1, 0.15) is 20.3 Å². The molecule has 0 bridgehead atoms. The second kappa shape index (κ2) is 11.6. The number of hydrogen-bond donors (Lipinski definition) is 2. The van der Waals surface area contributed by atoms with E-state index in [4.69, 9.17) is 15.2 Å². The fraction of sp³-hybridized carbons (Fsp3) is 0.316. The highest BCUT2D eigenvalue weighted by atomic mass is 127. The van der Waals surface area contributed by atoms with Crippen molar-refractivity contribution >= 4 is 35.6 Å². The standard InChI is InChI=1S/C19H24FN3O2.HI/c1-14(2)25-18-10-6-16(7-11-18)23-19(21)22-12-3-13-24-17-8-4-15(20)5-9-17;/h4-11,14H,3,12-13H2,1-2H3,(H3,21,22,23);1H. The number of hydrogen-bond acceptors (Lipinski definition) is 3. The Kier molecular flexibility index (Phi) is 9.79. The van der Waals surface area contributed by atoms with Crippen LogP contribution in [0.5, 0.6) is 11.5 Å². The lowest BCUT2D eigenvalue weighted by Gasteiger charge is -2.11. The Morgan fingerprint density at radius 3 is 2.31 bits per heavy atom. The van der Waals surface area contributed by atoms with Crippen LogP contribution in [0.3, 0.4) is 0 Å². The van der Waals surface area contributed by atoms with Gasteiger partial charge in [0.1, 0.15) is 17.3 Å². The van der Waals surface area contributed by atoms with Crippen LogP contribution in [0.4, 0.5) is 10.1 Å². The molecule has 0 aliphatic carbocycles. The summed E-state index contributed by atoms with van der Waals surface area (Å²) in [6.07, 6.45) is 0.851. The normalized spacial score (nSPS) is 11.0. The Hall–Kier alpha value is -2.03. The minimum absolute atomic E-state index is 0. The predicted octanol–water partition coefficient (Wildman–Crippen LogP) is 4.43. The summed E-state index contributed by atoms with van der Waals surface area (Å²) in [5.41, 5.74) is 6.71. The second-order valence-corrected chi connectivity index (χ2v) is 5.74. The molecule has 0 heterocycles. The number of rotatable bonds is 8. The average Bonchev–Trinajstić information content (AvgIpc) is 2.57. The third kappa shape index (κ3) is 8.37. The first-order valence-electron chi connectivity index (χ1n) is 8.25. The zero-order chi connectivity index (χ0) is 18.1. The highest BCUT2D eigenvalue weighted by Gasteiger charge is 1.99. The van der Waals surface area contributed by atoms with Crippen molar-refractivity contribution in [2.24, 2.45) is 10.7 Å². The van der Waals surface area contributed by atoms with Crippen molar-refractivity contribution in [3.8, 4) is 11.5 Å². The van der Waals surface area contributed by atoms with Crippen molar-refractivity contribution in [2.45, 2.75) is 26.4 Å². The fourth-order valence-electron chi connectivity index (χ4n) is 2.06. The van der Waals surface area contributed by atoms with Crippen LogP contribution >= 0.6 is 24.0 Å². The molecule has 0 atom stereocenters. The van der Waals surface area contributed by atoms with Gasteiger partial charge in [0, 0.05) is 18.7 Å². The number of aliphatic imine (C=N–C) groups is 1. The van der Waals surface area contributed by atoms with Crippen molar-refractivity contribution in [1.82, 2.24) is 0 Å². The number of benzene rings is 2. The molecule has 0 saturated carbocycles. The molecule has 2 aromatic carbocycles. The molecule has 3 N–H and O–H groups in total. The van der Waals surface area contributed by atoms with E-state index in [1.807, 2.05) is 38.1 Å². The maximum absolute atomic E-state index is 12.8. The molecule has 0 saturated heterocycles. The molecular weight excluding hydrogens is 448 g/mol. The van der Waals surface area contributed by atoms with Gasteiger partial charge < -0.3 is 20.5 Å². The van der Waals surface area contributed by atoms with E-state index in [1.165, 1.54) is 12.1 Å². The third-order valence-corrected chi connectivity index (χ3v) is 3.17. The fourth-order valence-corrected chi connectivity index (χ4v) is 2.06. The van der Waals surface area contributed by atoms with Gasteiger partial charge in [-0.05, 0) is 62.4 Å². The molecular formula is C19H25FIN3O2. The first-order valence-corrected chi connectivity index (χ1v) is 8.25. The second-order valence-electron chi connectivity index (χ2n) is 5.74. The van der Waals surface area contributed by atoms with Crippen LogP contribution < -0.4 is 20.5 Å². The van der Waals surface area contributed by atoms with Crippen molar-refractivity contribution in [2.75, 3.05) is 18.5 Å². The first kappa shape index (κ1) is 22.0. The van der Waals surface area contributed by atoms with Gasteiger partial charge in [0.2, 0.25) is 0 Å². The number of ether oxygens (including phenoxy) is 2. The van der Waals surface area contributed by atoms with E-state index in [0.29, 0.717) is 31.3 Å². The molecule has 5 nitrogen and oxygen atoms in total. The summed E-state index contributed by atoms with van der Waals surface area (Å²) in [5.74, 6) is 1.52. The summed E-state index contributed by atoms with van der Waals surface area (Å²) in [6, 6.07) is 13.5. The van der Waals surface area contributed by atoms with E-state index >= 15 is 0 Å². The SMILES string of the molecule is CC(C)Oc1ccc(NC(N)=NCCCOc2ccc(F)cc2)cc1.I. The molecule has 142 valence electrons. The molecule has 0 aliphatic rings. The van der Waals surface area contributed by atoms with Gasteiger partial charge >= 0.3 is 0 Å². The Morgan fingerprint density at radius 2 is 1.69 bits per heavy atom. The summed E-state index contributed by atoms with van der Waals surface area (Å²) >= 11 is 0. The summed E-state index contributed by atoms with van der Waals surface area (Å²) in [5, 5.41) is 3.03. The highest BCUT2D eigenvalue weighted by molar-refractivity contribution is 14.0. The lowest BCUT2D eigenvalue weighted by molar-refractivity contribution is 0.242. The van der Waals surface area contributed by atoms with E-state index in [-0.39, 0.29) is 35.9 Å². The quantitative estimate of drug-likeness (QED) is 0.258. The Morgan fingerprint density at radius 1 is 1.08 bits per heavy atom. The number of anilines is 1. The van der Waals surface area contributed by atoms with Crippen LogP contribution in [0, 0.1) is 5.82 Å². The monoisotopic (exact) mass is 473 g/mol. The van der Waals surface area contributed by atoms with Gasteiger partial charge in [0.15, 0.2) is 5.96 Å². The maximum Gasteiger partial charge on any atom is 0.193 e. The lowest BCUT2D eigenvalue weighted by Crippen LogP contribution is -2.23. The van der Waals surface area contributed by atoms with Gasteiger partial charge in [-0.2, -0.15) is 0 Å². The Balaban J connectivity index is 0.00000338. The zero-order valence-electron chi connectivity index (χ0n) is 14.9. The van der Waals surface area contributed by atoms with Gasteiger partial charge in [-0.15, -0.1) is 24.0 Å². The Labute approximate surface area is 170 Å². The van der Waals surface area contributed by atoms with Crippen LogP contribution in [-0.4, -0.2) is 25.2 Å². The Bertz CT molecular complexity index is 676. The van der Waals surface area contributed by atoms with E-state index < -0.39 is 0 Å². The average molecular weight is 473 g/mol. The molecule has 0 aliphatic heterocycles. The molecule has 0 aromatic heterocycles. The molecule has 2 aromatic rings. The summed E-state index contributed by atoms with van der Waals surface area (Å²) in [6.45, 7) is 4.99. The van der Waals surface area contributed by atoms with E-state index in [1.54, 1.807) is 12.1 Å². The summed E-state index contributed by atoms with van der Waals surface area (Å²) in [7, 11) is 0. The summed E-state index contributed by atoms with van der Waals surface area (Å²) in [4.78, 5) is 4.25. The number of nitrogens with zero attached hydrogens (tertiary/aromatic N) is 1. The molecule has 26 heavy (non-hydrogen) atoms. The minimum Gasteiger partial charge on any atom is -0.494 e. The van der Waals surface area contributed by atoms with Gasteiger partial charge in [0.25, 0.3) is 0 Å². The largest absolute Gasteiger partial charge is 0.494 e. The predicted molar refractivity (Wildman–Crippen MR) is 114 cm³/mol. The van der Waals surface area contributed by atoms with E-state index in [9.17, 15) is 4.39 Å². The number of halogens is 2.